The predicted octanol–water partition coefficient (Wildman–Crippen LogP) is 4.82. The Bertz CT molecular complexity index is 759. The quantitative estimate of drug-likeness (QED) is 0.231. The summed E-state index contributed by atoms with van der Waals surface area (Å²) in [5, 5.41) is 7.35. The Morgan fingerprint density at radius 1 is 1.04 bits per heavy atom. The van der Waals surface area contributed by atoms with Crippen molar-refractivity contribution < 1.29 is 14.0 Å². The van der Waals surface area contributed by atoms with Gasteiger partial charge in [-0.05, 0) is 30.7 Å². The minimum atomic E-state index is -0.103. The molecule has 0 saturated carbocycles. The van der Waals surface area contributed by atoms with Crippen molar-refractivity contribution in [1.29, 1.82) is 0 Å². The van der Waals surface area contributed by atoms with Crippen molar-refractivity contribution in [2.75, 3.05) is 11.1 Å². The number of para-hydroxylation sites is 1. The van der Waals surface area contributed by atoms with Crippen molar-refractivity contribution in [3.8, 4) is 0 Å². The highest BCUT2D eigenvalue weighted by Crippen LogP contribution is 2.20. The number of carbonyl (C=O) groups is 2. The number of thioether (sulfide) groups is 1. The summed E-state index contributed by atoms with van der Waals surface area (Å²) in [6.07, 6.45) is 7.48. The van der Waals surface area contributed by atoms with E-state index in [4.69, 9.17) is 4.42 Å². The van der Waals surface area contributed by atoms with Gasteiger partial charge in [-0.1, -0.05) is 62.6 Å². The number of hydrogen-bond donors (Lipinski definition) is 2. The Balaban J connectivity index is 1.65. The summed E-state index contributed by atoms with van der Waals surface area (Å²) in [6, 6.07) is 12.8. The number of rotatable bonds is 12. The molecule has 0 saturated heterocycles. The fourth-order valence-electron chi connectivity index (χ4n) is 2.45. The Hall–Kier alpha value is -2.54. The fraction of sp³-hybridized carbons (Fsp3) is 0.381. The van der Waals surface area contributed by atoms with E-state index in [2.05, 4.69) is 22.8 Å². The van der Waals surface area contributed by atoms with Crippen LogP contribution in [0.25, 0.3) is 0 Å². The van der Waals surface area contributed by atoms with Gasteiger partial charge in [0.1, 0.15) is 5.76 Å². The smallest absolute Gasteiger partial charge is 0.240 e. The molecule has 1 heterocycles. The molecule has 2 aromatic rings. The van der Waals surface area contributed by atoms with Gasteiger partial charge in [0.2, 0.25) is 11.8 Å². The third kappa shape index (κ3) is 8.90. The molecule has 1 aromatic carbocycles. The monoisotopic (exact) mass is 401 g/mol. The zero-order valence-electron chi connectivity index (χ0n) is 16.1. The number of amides is 2. The lowest BCUT2D eigenvalue weighted by atomic mass is 10.1. The topological polar surface area (TPSA) is 83.7 Å². The van der Waals surface area contributed by atoms with Crippen LogP contribution in [0.2, 0.25) is 0 Å². The van der Waals surface area contributed by atoms with Gasteiger partial charge in [0.25, 0.3) is 0 Å². The number of furan rings is 1. The number of unbranched alkanes of at least 4 members (excludes halogenated alkanes) is 4. The lowest BCUT2D eigenvalue weighted by Gasteiger charge is -2.03. The average Bonchev–Trinajstić information content (AvgIpc) is 3.15. The van der Waals surface area contributed by atoms with Gasteiger partial charge in [0.05, 0.1) is 12.0 Å². The maximum Gasteiger partial charge on any atom is 0.240 e. The summed E-state index contributed by atoms with van der Waals surface area (Å²) in [7, 11) is 0. The molecular formula is C21H27N3O3S. The third-order valence-corrected chi connectivity index (χ3v) is 4.80. The molecule has 1 aromatic heterocycles. The Morgan fingerprint density at radius 3 is 2.61 bits per heavy atom. The average molecular weight is 402 g/mol. The minimum absolute atomic E-state index is 0.0912. The summed E-state index contributed by atoms with van der Waals surface area (Å²) < 4.78 is 5.57. The highest BCUT2D eigenvalue weighted by atomic mass is 32.2. The second-order valence-corrected chi connectivity index (χ2v) is 7.30. The number of anilines is 1. The van der Waals surface area contributed by atoms with Crippen LogP contribution >= 0.6 is 11.8 Å². The van der Waals surface area contributed by atoms with Crippen LogP contribution in [-0.4, -0.2) is 23.8 Å². The molecule has 6 nitrogen and oxygen atoms in total. The molecule has 0 radical (unpaired) electrons. The van der Waals surface area contributed by atoms with Crippen molar-refractivity contribution in [2.24, 2.45) is 5.10 Å². The van der Waals surface area contributed by atoms with Crippen LogP contribution in [0.5, 0.6) is 0 Å². The van der Waals surface area contributed by atoms with Crippen LogP contribution in [0.1, 0.15) is 51.2 Å². The van der Waals surface area contributed by atoms with E-state index in [1.807, 2.05) is 30.3 Å². The molecule has 0 unspecified atom stereocenters. The molecule has 0 aliphatic rings. The van der Waals surface area contributed by atoms with Crippen molar-refractivity contribution in [3.05, 3.63) is 48.2 Å². The summed E-state index contributed by atoms with van der Waals surface area (Å²) in [5.41, 5.74) is 3.27. The number of hydrogen-bond acceptors (Lipinski definition) is 5. The molecule has 0 spiro atoms. The zero-order chi connectivity index (χ0) is 20.0. The van der Waals surface area contributed by atoms with Gasteiger partial charge in [-0.15, -0.1) is 0 Å². The van der Waals surface area contributed by atoms with Crippen LogP contribution < -0.4 is 10.7 Å². The van der Waals surface area contributed by atoms with E-state index in [9.17, 15) is 9.59 Å². The first kappa shape index (κ1) is 21.8. The Morgan fingerprint density at radius 2 is 1.82 bits per heavy atom. The standard InChI is InChI=1S/C21H27N3O3S/c1-2-3-4-5-9-12-19(25)24-22-15-18-13-14-21(27-18)28-16-20(26)23-17-10-7-6-8-11-17/h6-8,10-11,13-15H,2-5,9,12,16H2,1H3,(H,23,26)(H,24,25)/b22-15+. The molecule has 28 heavy (non-hydrogen) atoms. The van der Waals surface area contributed by atoms with Crippen molar-refractivity contribution in [3.63, 3.8) is 0 Å². The molecule has 7 heteroatoms. The van der Waals surface area contributed by atoms with Gasteiger partial charge in [0.15, 0.2) is 5.09 Å². The SMILES string of the molecule is CCCCCCCC(=O)N/N=C/c1ccc(SCC(=O)Nc2ccccc2)o1. The van der Waals surface area contributed by atoms with E-state index < -0.39 is 0 Å². The van der Waals surface area contributed by atoms with E-state index in [0.29, 0.717) is 17.3 Å². The first-order chi connectivity index (χ1) is 13.7. The van der Waals surface area contributed by atoms with E-state index >= 15 is 0 Å². The van der Waals surface area contributed by atoms with E-state index in [0.717, 1.165) is 18.5 Å². The van der Waals surface area contributed by atoms with Gasteiger partial charge >= 0.3 is 0 Å². The van der Waals surface area contributed by atoms with Gasteiger partial charge < -0.3 is 9.73 Å². The van der Waals surface area contributed by atoms with Crippen molar-refractivity contribution >= 4 is 35.5 Å². The molecule has 0 bridgehead atoms. The molecule has 0 atom stereocenters. The van der Waals surface area contributed by atoms with Crippen LogP contribution in [0.4, 0.5) is 5.69 Å². The first-order valence-electron chi connectivity index (χ1n) is 9.57. The number of hydrazone groups is 1. The Labute approximate surface area is 170 Å². The zero-order valence-corrected chi connectivity index (χ0v) is 17.0. The molecule has 2 rings (SSSR count). The van der Waals surface area contributed by atoms with Crippen LogP contribution in [0.15, 0.2) is 57.1 Å². The number of benzene rings is 1. The maximum absolute atomic E-state index is 11.9. The van der Waals surface area contributed by atoms with E-state index in [1.54, 1.807) is 12.1 Å². The van der Waals surface area contributed by atoms with Gasteiger partial charge in [-0.2, -0.15) is 5.10 Å². The van der Waals surface area contributed by atoms with Crippen molar-refractivity contribution in [1.82, 2.24) is 5.43 Å². The van der Waals surface area contributed by atoms with Crippen LogP contribution in [0, 0.1) is 0 Å². The summed E-state index contributed by atoms with van der Waals surface area (Å²) >= 11 is 1.30. The molecule has 0 fully saturated rings. The summed E-state index contributed by atoms with van der Waals surface area (Å²) in [5.74, 6) is 0.572. The molecular weight excluding hydrogens is 374 g/mol. The van der Waals surface area contributed by atoms with Crippen LogP contribution in [0.3, 0.4) is 0 Å². The lowest BCUT2D eigenvalue weighted by molar-refractivity contribution is -0.121. The normalized spacial score (nSPS) is 10.9. The number of nitrogens with one attached hydrogen (secondary N) is 2. The minimum Gasteiger partial charge on any atom is -0.449 e. The third-order valence-electron chi connectivity index (χ3n) is 3.89. The van der Waals surface area contributed by atoms with Gasteiger partial charge in [-0.3, -0.25) is 9.59 Å². The van der Waals surface area contributed by atoms with Crippen LogP contribution in [-0.2, 0) is 9.59 Å². The lowest BCUT2D eigenvalue weighted by Crippen LogP contribution is -2.16. The second-order valence-electron chi connectivity index (χ2n) is 6.32. The highest BCUT2D eigenvalue weighted by Gasteiger charge is 2.07. The molecule has 2 N–H and O–H groups in total. The highest BCUT2D eigenvalue weighted by molar-refractivity contribution is 7.99. The number of carbonyl (C=O) groups excluding carboxylic acids is 2. The second kappa shape index (κ2) is 12.8. The largest absolute Gasteiger partial charge is 0.449 e. The van der Waals surface area contributed by atoms with Gasteiger partial charge in [0, 0.05) is 12.1 Å². The molecule has 0 aliphatic heterocycles. The van der Waals surface area contributed by atoms with Gasteiger partial charge in [-0.25, -0.2) is 5.43 Å². The van der Waals surface area contributed by atoms with E-state index in [-0.39, 0.29) is 17.6 Å². The Kier molecular flexibility index (Phi) is 9.93. The fourth-order valence-corrected chi connectivity index (χ4v) is 3.11. The van der Waals surface area contributed by atoms with E-state index in [1.165, 1.54) is 37.2 Å². The summed E-state index contributed by atoms with van der Waals surface area (Å²) in [6.45, 7) is 2.17. The van der Waals surface area contributed by atoms with Crippen molar-refractivity contribution in [2.45, 2.75) is 50.5 Å². The predicted molar refractivity (Wildman–Crippen MR) is 114 cm³/mol. The number of nitrogens with zero attached hydrogens (tertiary/aromatic N) is 1. The summed E-state index contributed by atoms with van der Waals surface area (Å²) in [4.78, 5) is 23.6. The first-order valence-corrected chi connectivity index (χ1v) is 10.6. The molecule has 150 valence electrons. The molecule has 2 amide bonds. The molecule has 0 aliphatic carbocycles. The maximum atomic E-state index is 11.9.